The van der Waals surface area contributed by atoms with Crippen molar-refractivity contribution in [3.8, 4) is 6.07 Å². The molecule has 0 saturated heterocycles. The van der Waals surface area contributed by atoms with Crippen molar-refractivity contribution >= 4 is 23.5 Å². The number of carbonyl (C=O) groups is 1. The van der Waals surface area contributed by atoms with Crippen LogP contribution < -0.4 is 5.32 Å². The Morgan fingerprint density at radius 2 is 2.00 bits per heavy atom. The summed E-state index contributed by atoms with van der Waals surface area (Å²) in [6.07, 6.45) is 0.334. The van der Waals surface area contributed by atoms with Gasteiger partial charge in [0.15, 0.2) is 0 Å². The van der Waals surface area contributed by atoms with Crippen molar-refractivity contribution in [2.45, 2.75) is 25.3 Å². The van der Waals surface area contributed by atoms with Crippen molar-refractivity contribution in [3.63, 3.8) is 0 Å². The van der Waals surface area contributed by atoms with E-state index in [1.165, 1.54) is 11.8 Å². The third kappa shape index (κ3) is 4.57. The Labute approximate surface area is 133 Å². The molecular weight excluding hydrogens is 296 g/mol. The van der Waals surface area contributed by atoms with Crippen LogP contribution in [0.25, 0.3) is 0 Å². The molecule has 6 heteroatoms. The Bertz CT molecular complexity index is 724. The smallest absolute Gasteiger partial charge is 0.226 e. The lowest BCUT2D eigenvalue weighted by atomic mass is 10.3. The second kappa shape index (κ2) is 7.57. The van der Waals surface area contributed by atoms with Gasteiger partial charge in [-0.3, -0.25) is 4.79 Å². The lowest BCUT2D eigenvalue weighted by Crippen LogP contribution is -2.13. The first kappa shape index (κ1) is 16.0. The third-order valence-electron chi connectivity index (χ3n) is 2.84. The molecule has 0 aliphatic rings. The zero-order valence-electron chi connectivity index (χ0n) is 12.5. The molecule has 0 saturated carbocycles. The third-order valence-corrected chi connectivity index (χ3v) is 3.84. The van der Waals surface area contributed by atoms with E-state index in [-0.39, 0.29) is 5.91 Å². The summed E-state index contributed by atoms with van der Waals surface area (Å²) in [6, 6.07) is 11.1. The maximum absolute atomic E-state index is 11.9. The fourth-order valence-corrected chi connectivity index (χ4v) is 2.74. The van der Waals surface area contributed by atoms with Crippen LogP contribution in [0.1, 0.15) is 23.4 Å². The number of amides is 1. The van der Waals surface area contributed by atoms with Gasteiger partial charge in [-0.15, -0.1) is 11.8 Å². The van der Waals surface area contributed by atoms with Crippen molar-refractivity contribution < 1.29 is 4.79 Å². The molecule has 22 heavy (non-hydrogen) atoms. The Morgan fingerprint density at radius 1 is 1.23 bits per heavy atom. The summed E-state index contributed by atoms with van der Waals surface area (Å²) in [5, 5.41) is 12.5. The summed E-state index contributed by atoms with van der Waals surface area (Å²) in [5.74, 6) is 1.01. The molecule has 2 heterocycles. The molecule has 0 aromatic carbocycles. The van der Waals surface area contributed by atoms with E-state index in [0.717, 1.165) is 11.4 Å². The van der Waals surface area contributed by atoms with E-state index in [2.05, 4.69) is 21.4 Å². The molecule has 0 bridgehead atoms. The highest BCUT2D eigenvalue weighted by Crippen LogP contribution is 2.21. The predicted octanol–water partition coefficient (Wildman–Crippen LogP) is 3.09. The number of aromatic nitrogens is 2. The Hall–Kier alpha value is -2.39. The average Bonchev–Trinajstić information content (AvgIpc) is 2.47. The Morgan fingerprint density at radius 3 is 2.73 bits per heavy atom. The van der Waals surface area contributed by atoms with Gasteiger partial charge in [0.1, 0.15) is 16.9 Å². The van der Waals surface area contributed by atoms with Gasteiger partial charge in [0, 0.05) is 23.6 Å². The van der Waals surface area contributed by atoms with Gasteiger partial charge >= 0.3 is 0 Å². The zero-order valence-corrected chi connectivity index (χ0v) is 13.3. The number of aryl methyl sites for hydroxylation is 2. The summed E-state index contributed by atoms with van der Waals surface area (Å²) in [5.41, 5.74) is 2.25. The minimum Gasteiger partial charge on any atom is -0.311 e. The van der Waals surface area contributed by atoms with Crippen LogP contribution >= 0.6 is 11.8 Å². The fourth-order valence-electron chi connectivity index (χ4n) is 1.79. The molecule has 0 aliphatic heterocycles. The maximum Gasteiger partial charge on any atom is 0.226 e. The summed E-state index contributed by atoms with van der Waals surface area (Å²) < 4.78 is 0. The normalized spacial score (nSPS) is 10.0. The van der Waals surface area contributed by atoms with Crippen molar-refractivity contribution in [2.24, 2.45) is 0 Å². The van der Waals surface area contributed by atoms with Crippen LogP contribution in [-0.2, 0) is 4.79 Å². The molecule has 0 atom stereocenters. The Kier molecular flexibility index (Phi) is 5.50. The molecule has 2 aromatic rings. The van der Waals surface area contributed by atoms with Crippen LogP contribution in [0.5, 0.6) is 0 Å². The predicted molar refractivity (Wildman–Crippen MR) is 86.6 cm³/mol. The number of nitrogens with one attached hydrogen (secondary N) is 1. The molecule has 2 aromatic heterocycles. The van der Waals surface area contributed by atoms with Crippen LogP contribution in [0, 0.1) is 25.2 Å². The second-order valence-corrected chi connectivity index (χ2v) is 5.81. The van der Waals surface area contributed by atoms with Gasteiger partial charge in [-0.25, -0.2) is 9.97 Å². The van der Waals surface area contributed by atoms with Gasteiger partial charge in [0.05, 0.1) is 5.56 Å². The summed E-state index contributed by atoms with van der Waals surface area (Å²) in [6.45, 7) is 3.75. The highest BCUT2D eigenvalue weighted by molar-refractivity contribution is 7.99. The minimum absolute atomic E-state index is 0.100. The van der Waals surface area contributed by atoms with E-state index in [0.29, 0.717) is 28.6 Å². The summed E-state index contributed by atoms with van der Waals surface area (Å²) in [4.78, 5) is 20.4. The molecule has 1 N–H and O–H groups in total. The van der Waals surface area contributed by atoms with Crippen LogP contribution in [0.15, 0.2) is 35.4 Å². The van der Waals surface area contributed by atoms with Crippen LogP contribution in [0.4, 0.5) is 5.82 Å². The fraction of sp³-hybridized carbons (Fsp3) is 0.250. The van der Waals surface area contributed by atoms with E-state index < -0.39 is 0 Å². The first-order valence-electron chi connectivity index (χ1n) is 6.82. The first-order valence-corrected chi connectivity index (χ1v) is 7.81. The van der Waals surface area contributed by atoms with E-state index in [1.54, 1.807) is 18.2 Å². The number of anilines is 1. The highest BCUT2D eigenvalue weighted by atomic mass is 32.2. The molecule has 112 valence electrons. The van der Waals surface area contributed by atoms with Gasteiger partial charge < -0.3 is 5.32 Å². The van der Waals surface area contributed by atoms with Crippen molar-refractivity contribution in [3.05, 3.63) is 47.3 Å². The average molecular weight is 312 g/mol. The van der Waals surface area contributed by atoms with Gasteiger partial charge in [0.2, 0.25) is 5.91 Å². The minimum atomic E-state index is -0.100. The molecule has 0 unspecified atom stereocenters. The molecule has 5 nitrogen and oxygen atoms in total. The number of pyridine rings is 2. The monoisotopic (exact) mass is 312 g/mol. The van der Waals surface area contributed by atoms with Gasteiger partial charge in [-0.1, -0.05) is 6.07 Å². The lowest BCUT2D eigenvalue weighted by Gasteiger charge is -2.06. The molecule has 2 rings (SSSR count). The van der Waals surface area contributed by atoms with Crippen molar-refractivity contribution in [2.75, 3.05) is 11.1 Å². The highest BCUT2D eigenvalue weighted by Gasteiger charge is 2.08. The van der Waals surface area contributed by atoms with E-state index in [1.807, 2.05) is 26.0 Å². The molecule has 1 amide bonds. The number of thioether (sulfide) groups is 1. The number of carbonyl (C=O) groups excluding carboxylic acids is 1. The standard InChI is InChI=1S/C16H16N4OS/c1-11-4-3-5-14(18-11)20-15(21)8-9-22-16-13(10-17)7-6-12(2)19-16/h3-7H,8-9H2,1-2H3,(H,18,20,21). The number of nitrogens with zero attached hydrogens (tertiary/aromatic N) is 3. The van der Waals surface area contributed by atoms with Crippen LogP contribution in [-0.4, -0.2) is 21.6 Å². The van der Waals surface area contributed by atoms with Gasteiger partial charge in [-0.05, 0) is 38.1 Å². The number of rotatable bonds is 5. The number of hydrogen-bond donors (Lipinski definition) is 1. The largest absolute Gasteiger partial charge is 0.311 e. The zero-order chi connectivity index (χ0) is 15.9. The molecule has 0 fully saturated rings. The second-order valence-electron chi connectivity index (χ2n) is 4.73. The maximum atomic E-state index is 11.9. The lowest BCUT2D eigenvalue weighted by molar-refractivity contribution is -0.115. The summed E-state index contributed by atoms with van der Waals surface area (Å²) in [7, 11) is 0. The molecular formula is C16H16N4OS. The van der Waals surface area contributed by atoms with E-state index >= 15 is 0 Å². The van der Waals surface area contributed by atoms with Crippen molar-refractivity contribution in [1.82, 2.24) is 9.97 Å². The van der Waals surface area contributed by atoms with E-state index in [4.69, 9.17) is 5.26 Å². The number of nitriles is 1. The number of hydrogen-bond acceptors (Lipinski definition) is 5. The van der Waals surface area contributed by atoms with E-state index in [9.17, 15) is 4.79 Å². The van der Waals surface area contributed by atoms with Gasteiger partial charge in [0.25, 0.3) is 0 Å². The molecule has 0 spiro atoms. The quantitative estimate of drug-likeness (QED) is 0.858. The Balaban J connectivity index is 1.87. The van der Waals surface area contributed by atoms with Crippen LogP contribution in [0.3, 0.4) is 0 Å². The first-order chi connectivity index (χ1) is 10.6. The topological polar surface area (TPSA) is 78.7 Å². The molecule has 0 radical (unpaired) electrons. The molecule has 0 aliphatic carbocycles. The summed E-state index contributed by atoms with van der Waals surface area (Å²) >= 11 is 1.41. The van der Waals surface area contributed by atoms with Crippen LogP contribution in [0.2, 0.25) is 0 Å². The SMILES string of the molecule is Cc1cccc(NC(=O)CCSc2nc(C)ccc2C#N)n1. The van der Waals surface area contributed by atoms with Gasteiger partial charge in [-0.2, -0.15) is 5.26 Å². The van der Waals surface area contributed by atoms with Crippen molar-refractivity contribution in [1.29, 1.82) is 5.26 Å².